The molecule has 4 aromatic rings. The molecule has 1 aliphatic heterocycles. The van der Waals surface area contributed by atoms with Crippen LogP contribution in [0.5, 0.6) is 0 Å². The van der Waals surface area contributed by atoms with E-state index in [1.165, 1.54) is 23.4 Å². The fourth-order valence-electron chi connectivity index (χ4n) is 6.11. The van der Waals surface area contributed by atoms with Gasteiger partial charge in [0, 0.05) is 29.6 Å². The highest BCUT2D eigenvalue weighted by Gasteiger charge is 2.54. The van der Waals surface area contributed by atoms with Gasteiger partial charge in [0.1, 0.15) is 12.1 Å². The fourth-order valence-corrected chi connectivity index (χ4v) is 6.33. The number of rotatable bonds is 11. The van der Waals surface area contributed by atoms with Crippen LogP contribution in [0.25, 0.3) is 22.4 Å². The number of hydrogen-bond acceptors (Lipinski definition) is 6. The number of hydrogen-bond donors (Lipinski definition) is 3. The lowest BCUT2D eigenvalue weighted by molar-refractivity contribution is -0.134. The van der Waals surface area contributed by atoms with E-state index in [0.29, 0.717) is 37.1 Å². The molecule has 2 fully saturated rings. The van der Waals surface area contributed by atoms with Crippen molar-refractivity contribution in [3.8, 4) is 22.4 Å². The van der Waals surface area contributed by atoms with Crippen LogP contribution in [0.2, 0.25) is 5.02 Å². The predicted octanol–water partition coefficient (Wildman–Crippen LogP) is 7.49. The van der Waals surface area contributed by atoms with Crippen molar-refractivity contribution in [2.45, 2.75) is 70.8 Å². The lowest BCUT2D eigenvalue weighted by Crippen LogP contribution is -2.47. The molecule has 1 unspecified atom stereocenters. The summed E-state index contributed by atoms with van der Waals surface area (Å²) < 4.78 is 59.8. The van der Waals surface area contributed by atoms with E-state index >= 15 is 0 Å². The standard InChI is InChI=1S/C34H35ClF4N8O3/c1-33(2,3)17-34(22-7-4-19(5-8-22)21-13-42-46(14-21)30(38)39)28(48)47(31(40)44-34)27(16-50-32(49)43-23-9-10-23)20-6-11-25(35)24(12-20)26-15-45(18-41-26)29(36)37/h4-8,11-15,18,23,27,29-30H,9-10,16-17H2,1-3H3,(H2,40,44)(H,43,49)/t27-,34?/m1/s1. The number of carbonyl (C=O) groups is 2. The fraction of sp³-hybridized carbons (Fsp3) is 0.382. The number of benzene rings is 2. The number of nitrogens with zero attached hydrogens (tertiary/aromatic N) is 5. The van der Waals surface area contributed by atoms with Crippen LogP contribution in [0.15, 0.2) is 67.4 Å². The van der Waals surface area contributed by atoms with Gasteiger partial charge in [-0.05, 0) is 53.5 Å². The number of aromatic nitrogens is 4. The molecule has 2 aliphatic rings. The molecule has 0 radical (unpaired) electrons. The summed E-state index contributed by atoms with van der Waals surface area (Å²) in [7, 11) is 0. The van der Waals surface area contributed by atoms with Crippen LogP contribution >= 0.6 is 11.6 Å². The molecule has 2 aromatic heterocycles. The minimum Gasteiger partial charge on any atom is -0.447 e. The molecule has 1 saturated carbocycles. The van der Waals surface area contributed by atoms with Crippen molar-refractivity contribution in [1.82, 2.24) is 34.9 Å². The largest absolute Gasteiger partial charge is 0.447 e. The lowest BCUT2D eigenvalue weighted by atomic mass is 9.75. The van der Waals surface area contributed by atoms with Crippen LogP contribution in [0.3, 0.4) is 0 Å². The number of alkyl halides is 4. The van der Waals surface area contributed by atoms with Crippen molar-refractivity contribution < 1.29 is 31.9 Å². The Morgan fingerprint density at radius 1 is 1.10 bits per heavy atom. The van der Waals surface area contributed by atoms with Gasteiger partial charge >= 0.3 is 19.2 Å². The maximum Gasteiger partial charge on any atom is 0.407 e. The molecule has 2 atom stereocenters. The minimum absolute atomic E-state index is 0.00790. The molecule has 1 aliphatic carbocycles. The van der Waals surface area contributed by atoms with Crippen LogP contribution in [0.1, 0.15) is 70.3 Å². The van der Waals surface area contributed by atoms with E-state index in [4.69, 9.17) is 21.7 Å². The first kappa shape index (κ1) is 34.9. The third-order valence-electron chi connectivity index (χ3n) is 8.53. The molecule has 16 heteroatoms. The second-order valence-corrected chi connectivity index (χ2v) is 14.0. The first-order valence-electron chi connectivity index (χ1n) is 15.8. The molecule has 2 amide bonds. The van der Waals surface area contributed by atoms with Crippen molar-refractivity contribution >= 4 is 29.6 Å². The molecule has 0 bridgehead atoms. The summed E-state index contributed by atoms with van der Waals surface area (Å²) in [6.45, 7) is -0.0985. The maximum absolute atomic E-state index is 14.8. The molecule has 1 saturated heterocycles. The molecule has 6 rings (SSSR count). The number of alkyl carbamates (subject to hydrolysis) is 1. The molecule has 2 aromatic carbocycles. The van der Waals surface area contributed by atoms with Gasteiger partial charge < -0.3 is 15.4 Å². The van der Waals surface area contributed by atoms with Crippen LogP contribution < -0.4 is 10.6 Å². The Morgan fingerprint density at radius 3 is 2.42 bits per heavy atom. The quantitative estimate of drug-likeness (QED) is 0.138. The molecule has 3 N–H and O–H groups in total. The number of imidazole rings is 1. The molecular weight excluding hydrogens is 680 g/mol. The maximum atomic E-state index is 14.8. The SMILES string of the molecule is CC(C)(C)CC1(c2ccc(-c3cnn(C(F)F)c3)cc2)NC(=N)N([C@H](COC(=O)NC2CC2)c2ccc(Cl)c(-c3cn(C(F)F)cn3)c2)C1=O. The molecule has 11 nitrogen and oxygen atoms in total. The molecule has 3 heterocycles. The minimum atomic E-state index is -2.82. The number of carbonyl (C=O) groups excluding carboxylic acids is 2. The third kappa shape index (κ3) is 7.18. The van der Waals surface area contributed by atoms with Gasteiger partial charge in [-0.1, -0.05) is 62.7 Å². The number of ether oxygens (including phenoxy) is 1. The smallest absolute Gasteiger partial charge is 0.407 e. The van der Waals surface area contributed by atoms with E-state index in [1.54, 1.807) is 36.4 Å². The Kier molecular flexibility index (Phi) is 9.37. The van der Waals surface area contributed by atoms with Gasteiger partial charge in [0.25, 0.3) is 5.91 Å². The summed E-state index contributed by atoms with van der Waals surface area (Å²) in [5.74, 6) is -0.749. The van der Waals surface area contributed by atoms with E-state index in [-0.39, 0.29) is 35.7 Å². The average Bonchev–Trinajstić information content (AvgIpc) is 3.42. The molecular formula is C34H35ClF4N8O3. The Hall–Kier alpha value is -4.92. The summed E-state index contributed by atoms with van der Waals surface area (Å²) in [6, 6.07) is 10.5. The van der Waals surface area contributed by atoms with Crippen molar-refractivity contribution in [3.63, 3.8) is 0 Å². The number of nitrogens with one attached hydrogen (secondary N) is 3. The van der Waals surface area contributed by atoms with Crippen LogP contribution in [-0.2, 0) is 15.1 Å². The number of guanidine groups is 1. The predicted molar refractivity (Wildman–Crippen MR) is 177 cm³/mol. The summed E-state index contributed by atoms with van der Waals surface area (Å²) in [6.07, 6.45) is 5.89. The molecule has 50 heavy (non-hydrogen) atoms. The van der Waals surface area contributed by atoms with E-state index in [0.717, 1.165) is 25.4 Å². The van der Waals surface area contributed by atoms with Gasteiger partial charge in [-0.2, -0.15) is 22.7 Å². The van der Waals surface area contributed by atoms with Gasteiger partial charge in [0.15, 0.2) is 5.96 Å². The van der Waals surface area contributed by atoms with Gasteiger partial charge in [0.05, 0.1) is 29.3 Å². The zero-order valence-electron chi connectivity index (χ0n) is 27.3. The Bertz CT molecular complexity index is 1900. The number of halogens is 5. The van der Waals surface area contributed by atoms with Crippen LogP contribution in [0.4, 0.5) is 22.4 Å². The number of amides is 2. The topological polar surface area (TPSA) is 130 Å². The summed E-state index contributed by atoms with van der Waals surface area (Å²) in [4.78, 5) is 32.8. The molecule has 264 valence electrons. The first-order chi connectivity index (χ1) is 23.6. The van der Waals surface area contributed by atoms with Gasteiger partial charge in [0.2, 0.25) is 0 Å². The van der Waals surface area contributed by atoms with Crippen LogP contribution in [-0.4, -0.2) is 54.8 Å². The van der Waals surface area contributed by atoms with Gasteiger partial charge in [-0.15, -0.1) is 0 Å². The van der Waals surface area contributed by atoms with E-state index in [2.05, 4.69) is 20.7 Å². The Labute approximate surface area is 290 Å². The van der Waals surface area contributed by atoms with E-state index in [1.807, 2.05) is 20.8 Å². The molecule has 0 spiro atoms. The van der Waals surface area contributed by atoms with Crippen molar-refractivity contribution in [2.75, 3.05) is 6.61 Å². The highest BCUT2D eigenvalue weighted by molar-refractivity contribution is 6.33. The van der Waals surface area contributed by atoms with Crippen molar-refractivity contribution in [3.05, 3.63) is 83.5 Å². The van der Waals surface area contributed by atoms with E-state index < -0.39 is 42.1 Å². The average molecular weight is 715 g/mol. The first-order valence-corrected chi connectivity index (χ1v) is 16.2. The Morgan fingerprint density at radius 2 is 1.82 bits per heavy atom. The summed E-state index contributed by atoms with van der Waals surface area (Å²) in [5.41, 5.74) is 0.562. The Balaban J connectivity index is 1.38. The normalized spacial score (nSPS) is 18.6. The van der Waals surface area contributed by atoms with Crippen LogP contribution in [0, 0.1) is 10.8 Å². The summed E-state index contributed by atoms with van der Waals surface area (Å²) >= 11 is 6.50. The highest BCUT2D eigenvalue weighted by atomic mass is 35.5. The zero-order valence-corrected chi connectivity index (χ0v) is 28.1. The van der Waals surface area contributed by atoms with E-state index in [9.17, 15) is 27.2 Å². The van der Waals surface area contributed by atoms with Crippen molar-refractivity contribution in [1.29, 1.82) is 5.41 Å². The lowest BCUT2D eigenvalue weighted by Gasteiger charge is -2.35. The second kappa shape index (κ2) is 13.4. The monoisotopic (exact) mass is 714 g/mol. The van der Waals surface area contributed by atoms with Gasteiger partial charge in [-0.25, -0.2) is 14.5 Å². The highest BCUT2D eigenvalue weighted by Crippen LogP contribution is 2.43. The third-order valence-corrected chi connectivity index (χ3v) is 8.86. The van der Waals surface area contributed by atoms with Crippen molar-refractivity contribution in [2.24, 2.45) is 5.41 Å². The van der Waals surface area contributed by atoms with Gasteiger partial charge in [-0.3, -0.25) is 19.7 Å². The zero-order chi connectivity index (χ0) is 36.0. The summed E-state index contributed by atoms with van der Waals surface area (Å²) in [5, 5.41) is 18.9. The second-order valence-electron chi connectivity index (χ2n) is 13.6.